The zero-order chi connectivity index (χ0) is 26.2. The molecule has 0 aliphatic heterocycles. The number of ether oxygens (including phenoxy) is 2. The third-order valence-electron chi connectivity index (χ3n) is 5.72. The molecule has 0 fully saturated rings. The van der Waals surface area contributed by atoms with Crippen molar-refractivity contribution in [1.29, 1.82) is 0 Å². The van der Waals surface area contributed by atoms with Crippen LogP contribution >= 0.6 is 23.1 Å². The van der Waals surface area contributed by atoms with Crippen molar-refractivity contribution in [2.24, 2.45) is 0 Å². The van der Waals surface area contributed by atoms with Gasteiger partial charge in [0.2, 0.25) is 0 Å². The lowest BCUT2D eigenvalue weighted by molar-refractivity contribution is 0.0526. The molecular formula is C28H28N2O5S2. The molecule has 7 nitrogen and oxygen atoms in total. The second kappa shape index (κ2) is 12.8. The second-order valence-electron chi connectivity index (χ2n) is 8.44. The maximum Gasteiger partial charge on any atom is 0.338 e. The van der Waals surface area contributed by atoms with E-state index in [1.165, 1.54) is 16.9 Å². The number of hydrogen-bond donors (Lipinski definition) is 1. The SMILES string of the molecule is CCOC(=O)c1ccc(COCc2csc3nc(C(=O)CCc4cccc(CSC)c4)[nH]c(=O)c23)cc1. The molecule has 0 aliphatic carbocycles. The normalized spacial score (nSPS) is 11.1. The summed E-state index contributed by atoms with van der Waals surface area (Å²) >= 11 is 3.08. The molecule has 0 saturated carbocycles. The summed E-state index contributed by atoms with van der Waals surface area (Å²) in [6.07, 6.45) is 2.92. The Labute approximate surface area is 223 Å². The minimum absolute atomic E-state index is 0.0915. The van der Waals surface area contributed by atoms with E-state index in [4.69, 9.17) is 9.47 Å². The average molecular weight is 537 g/mol. The molecule has 0 bridgehead atoms. The molecule has 0 radical (unpaired) electrons. The van der Waals surface area contributed by atoms with Crippen LogP contribution in [-0.2, 0) is 34.9 Å². The van der Waals surface area contributed by atoms with Crippen molar-refractivity contribution in [2.45, 2.75) is 38.7 Å². The Morgan fingerprint density at radius 1 is 1.05 bits per heavy atom. The fourth-order valence-electron chi connectivity index (χ4n) is 3.89. The standard InChI is InChI=1S/C28H28N2O5S2/c1-3-35-28(33)21-10-7-19(8-11-21)14-34-15-22-17-37-27-24(22)26(32)29-25(30-27)23(31)12-9-18-5-4-6-20(13-18)16-36-2/h4-8,10-11,13,17H,3,9,12,14-16H2,1-2H3,(H,29,30,32). The van der Waals surface area contributed by atoms with Gasteiger partial charge in [-0.1, -0.05) is 36.4 Å². The summed E-state index contributed by atoms with van der Waals surface area (Å²) < 4.78 is 10.8. The lowest BCUT2D eigenvalue weighted by Crippen LogP contribution is -2.16. The van der Waals surface area contributed by atoms with Crippen LogP contribution in [0.2, 0.25) is 0 Å². The first-order valence-electron chi connectivity index (χ1n) is 11.9. The van der Waals surface area contributed by atoms with E-state index in [1.807, 2.05) is 29.6 Å². The predicted molar refractivity (Wildman–Crippen MR) is 147 cm³/mol. The first kappa shape index (κ1) is 26.8. The summed E-state index contributed by atoms with van der Waals surface area (Å²) in [5, 5.41) is 2.28. The van der Waals surface area contributed by atoms with Gasteiger partial charge in [0.05, 0.1) is 30.8 Å². The Balaban J connectivity index is 1.37. The van der Waals surface area contributed by atoms with Gasteiger partial charge in [0.1, 0.15) is 4.83 Å². The number of H-pyrrole nitrogens is 1. The summed E-state index contributed by atoms with van der Waals surface area (Å²) in [6, 6.07) is 15.2. The molecule has 0 saturated heterocycles. The quantitative estimate of drug-likeness (QED) is 0.187. The van der Waals surface area contributed by atoms with Gasteiger partial charge in [-0.25, -0.2) is 9.78 Å². The van der Waals surface area contributed by atoms with Gasteiger partial charge >= 0.3 is 5.97 Å². The highest BCUT2D eigenvalue weighted by atomic mass is 32.2. The third kappa shape index (κ3) is 6.94. The molecule has 1 N–H and O–H groups in total. The molecule has 192 valence electrons. The number of esters is 1. The summed E-state index contributed by atoms with van der Waals surface area (Å²) in [7, 11) is 0. The zero-order valence-corrected chi connectivity index (χ0v) is 22.4. The number of rotatable bonds is 12. The van der Waals surface area contributed by atoms with Gasteiger partial charge in [0.15, 0.2) is 11.6 Å². The van der Waals surface area contributed by atoms with Crippen molar-refractivity contribution in [3.63, 3.8) is 0 Å². The van der Waals surface area contributed by atoms with E-state index in [0.717, 1.165) is 22.4 Å². The topological polar surface area (TPSA) is 98.3 Å². The Bertz CT molecular complexity index is 1440. The van der Waals surface area contributed by atoms with Crippen molar-refractivity contribution in [1.82, 2.24) is 9.97 Å². The summed E-state index contributed by atoms with van der Waals surface area (Å²) in [4.78, 5) is 45.0. The number of benzene rings is 2. The minimum Gasteiger partial charge on any atom is -0.462 e. The van der Waals surface area contributed by atoms with E-state index in [2.05, 4.69) is 28.4 Å². The number of carbonyl (C=O) groups is 2. The van der Waals surface area contributed by atoms with Crippen molar-refractivity contribution in [3.8, 4) is 0 Å². The zero-order valence-electron chi connectivity index (χ0n) is 20.7. The number of Topliss-reactive ketones (excluding diaryl/α,β-unsaturated/α-hetero) is 1. The summed E-state index contributed by atoms with van der Waals surface area (Å²) in [6.45, 7) is 2.64. The maximum absolute atomic E-state index is 12.8. The molecular weight excluding hydrogens is 508 g/mol. The van der Waals surface area contributed by atoms with E-state index < -0.39 is 0 Å². The van der Waals surface area contributed by atoms with Crippen LogP contribution in [0, 0.1) is 0 Å². The lowest BCUT2D eigenvalue weighted by atomic mass is 10.1. The number of nitrogens with zero attached hydrogens (tertiary/aromatic N) is 1. The molecule has 37 heavy (non-hydrogen) atoms. The van der Waals surface area contributed by atoms with Crippen molar-refractivity contribution >= 4 is 45.1 Å². The molecule has 2 aromatic carbocycles. The van der Waals surface area contributed by atoms with Gasteiger partial charge in [-0.2, -0.15) is 11.8 Å². The molecule has 2 heterocycles. The number of fused-ring (bicyclic) bond motifs is 1. The first-order valence-corrected chi connectivity index (χ1v) is 14.2. The number of aromatic nitrogens is 2. The highest BCUT2D eigenvalue weighted by Gasteiger charge is 2.16. The van der Waals surface area contributed by atoms with Gasteiger partial charge in [-0.3, -0.25) is 9.59 Å². The van der Waals surface area contributed by atoms with Crippen molar-refractivity contribution < 1.29 is 19.1 Å². The van der Waals surface area contributed by atoms with E-state index >= 15 is 0 Å². The van der Waals surface area contributed by atoms with Crippen LogP contribution in [0.5, 0.6) is 0 Å². The van der Waals surface area contributed by atoms with Gasteiger partial charge in [-0.15, -0.1) is 11.3 Å². The predicted octanol–water partition coefficient (Wildman–Crippen LogP) is 5.56. The average Bonchev–Trinajstić information content (AvgIpc) is 3.32. The van der Waals surface area contributed by atoms with Crippen LogP contribution in [0.1, 0.15) is 56.6 Å². The number of nitrogens with one attached hydrogen (secondary N) is 1. The number of carbonyl (C=O) groups excluding carboxylic acids is 2. The highest BCUT2D eigenvalue weighted by Crippen LogP contribution is 2.23. The van der Waals surface area contributed by atoms with Gasteiger partial charge in [0, 0.05) is 17.7 Å². The largest absolute Gasteiger partial charge is 0.462 e. The Morgan fingerprint density at radius 2 is 1.84 bits per heavy atom. The Hall–Kier alpha value is -3.27. The fourth-order valence-corrected chi connectivity index (χ4v) is 5.33. The molecule has 4 aromatic rings. The van der Waals surface area contributed by atoms with Crippen LogP contribution in [0.4, 0.5) is 0 Å². The van der Waals surface area contributed by atoms with Gasteiger partial charge in [0.25, 0.3) is 5.56 Å². The molecule has 0 spiro atoms. The minimum atomic E-state index is -0.357. The van der Waals surface area contributed by atoms with Crippen LogP contribution in [0.3, 0.4) is 0 Å². The smallest absolute Gasteiger partial charge is 0.338 e. The molecule has 4 rings (SSSR count). The van der Waals surface area contributed by atoms with Crippen LogP contribution in [0.15, 0.2) is 58.7 Å². The van der Waals surface area contributed by atoms with Crippen molar-refractivity contribution in [3.05, 3.63) is 97.9 Å². The number of hydrogen-bond acceptors (Lipinski definition) is 8. The number of aryl methyl sites for hydroxylation is 1. The summed E-state index contributed by atoms with van der Waals surface area (Å²) in [5.41, 5.74) is 4.09. The molecule has 0 aliphatic rings. The van der Waals surface area contributed by atoms with Gasteiger partial charge in [-0.05, 0) is 53.8 Å². The van der Waals surface area contributed by atoms with E-state index in [0.29, 0.717) is 35.4 Å². The second-order valence-corrected chi connectivity index (χ2v) is 10.2. The van der Waals surface area contributed by atoms with E-state index in [1.54, 1.807) is 30.8 Å². The maximum atomic E-state index is 12.8. The van der Waals surface area contributed by atoms with Crippen LogP contribution in [0.25, 0.3) is 10.2 Å². The number of aromatic amines is 1. The molecule has 0 atom stereocenters. The lowest BCUT2D eigenvalue weighted by Gasteiger charge is -2.06. The molecule has 0 amide bonds. The summed E-state index contributed by atoms with van der Waals surface area (Å²) in [5.74, 6) is 0.477. The number of thioether (sulfide) groups is 1. The van der Waals surface area contributed by atoms with Crippen molar-refractivity contribution in [2.75, 3.05) is 12.9 Å². The van der Waals surface area contributed by atoms with Gasteiger partial charge < -0.3 is 14.5 Å². The van der Waals surface area contributed by atoms with E-state index in [-0.39, 0.29) is 36.2 Å². The van der Waals surface area contributed by atoms with Crippen LogP contribution in [-0.4, -0.2) is 34.6 Å². The fraction of sp³-hybridized carbons (Fsp3) is 0.286. The third-order valence-corrected chi connectivity index (χ3v) is 7.26. The van der Waals surface area contributed by atoms with E-state index in [9.17, 15) is 14.4 Å². The Morgan fingerprint density at radius 3 is 2.59 bits per heavy atom. The number of ketones is 1. The molecule has 9 heteroatoms. The molecule has 0 unspecified atom stereocenters. The first-order chi connectivity index (χ1) is 18.0. The van der Waals surface area contributed by atoms with Crippen LogP contribution < -0.4 is 5.56 Å². The number of thiophene rings is 1. The molecule has 2 aromatic heterocycles. The monoisotopic (exact) mass is 536 g/mol. The Kier molecular flexibility index (Phi) is 9.27. The highest BCUT2D eigenvalue weighted by molar-refractivity contribution is 7.97.